The van der Waals surface area contributed by atoms with Crippen molar-refractivity contribution in [3.8, 4) is 0 Å². The van der Waals surface area contributed by atoms with Crippen LogP contribution in [0, 0.1) is 0 Å². The van der Waals surface area contributed by atoms with E-state index in [1.165, 1.54) is 19.2 Å². The third kappa shape index (κ3) is 4.97. The van der Waals surface area contributed by atoms with Crippen molar-refractivity contribution >= 4 is 50.9 Å². The number of rotatable bonds is 5. The van der Waals surface area contributed by atoms with E-state index in [1.54, 1.807) is 16.7 Å². The van der Waals surface area contributed by atoms with Crippen molar-refractivity contribution in [2.75, 3.05) is 25.1 Å². The molecule has 0 saturated heterocycles. The Morgan fingerprint density at radius 1 is 1.27 bits per heavy atom. The van der Waals surface area contributed by atoms with Gasteiger partial charge >= 0.3 is 5.97 Å². The van der Waals surface area contributed by atoms with Crippen LogP contribution in [-0.4, -0.2) is 45.7 Å². The highest BCUT2D eigenvalue weighted by Gasteiger charge is 2.25. The number of sulfonamides is 1. The third-order valence-electron chi connectivity index (χ3n) is 4.60. The molecule has 0 radical (unpaired) electrons. The first-order chi connectivity index (χ1) is 14.2. The fraction of sp³-hybridized carbons (Fsp3) is 0.300. The standard InChI is InChI=1S/C20H21ClN2O5S2/c1-13-9-10-23(16-5-3-4-6-17(16)29-13)19(24)12-28-20(25)14-7-8-15(21)18(11-14)30(26,27)22-2/h3-8,11,13,22H,9-10,12H2,1-2H3. The van der Waals surface area contributed by atoms with Gasteiger partial charge in [-0.25, -0.2) is 17.9 Å². The molecule has 0 fully saturated rings. The number of nitrogens with one attached hydrogen (secondary N) is 1. The fourth-order valence-electron chi connectivity index (χ4n) is 2.98. The van der Waals surface area contributed by atoms with Crippen molar-refractivity contribution in [2.24, 2.45) is 0 Å². The first kappa shape index (κ1) is 22.6. The molecule has 1 N–H and O–H groups in total. The van der Waals surface area contributed by atoms with E-state index >= 15 is 0 Å². The van der Waals surface area contributed by atoms with Crippen LogP contribution in [-0.2, 0) is 19.6 Å². The molecule has 1 unspecified atom stereocenters. The lowest BCUT2D eigenvalue weighted by Gasteiger charge is -2.22. The summed E-state index contributed by atoms with van der Waals surface area (Å²) in [6.45, 7) is 2.17. The number of fused-ring (bicyclic) bond motifs is 1. The number of ether oxygens (including phenoxy) is 1. The number of hydrogen-bond acceptors (Lipinski definition) is 6. The molecular weight excluding hydrogens is 448 g/mol. The van der Waals surface area contributed by atoms with Crippen molar-refractivity contribution in [3.63, 3.8) is 0 Å². The topological polar surface area (TPSA) is 92.8 Å². The van der Waals surface area contributed by atoms with Gasteiger partial charge in [0.05, 0.1) is 16.3 Å². The Morgan fingerprint density at radius 3 is 2.73 bits per heavy atom. The maximum absolute atomic E-state index is 12.8. The number of hydrogen-bond donors (Lipinski definition) is 1. The van der Waals surface area contributed by atoms with Gasteiger partial charge in [-0.2, -0.15) is 0 Å². The molecule has 1 heterocycles. The Bertz CT molecular complexity index is 1070. The summed E-state index contributed by atoms with van der Waals surface area (Å²) in [5.41, 5.74) is 0.781. The Hall–Kier alpha value is -2.07. The van der Waals surface area contributed by atoms with Crippen molar-refractivity contribution in [3.05, 3.63) is 53.1 Å². The van der Waals surface area contributed by atoms with Crippen LogP contribution in [0.1, 0.15) is 23.7 Å². The first-order valence-electron chi connectivity index (χ1n) is 9.19. The summed E-state index contributed by atoms with van der Waals surface area (Å²) in [5.74, 6) is -1.15. The van der Waals surface area contributed by atoms with Crippen LogP contribution in [0.15, 0.2) is 52.3 Å². The van der Waals surface area contributed by atoms with Crippen molar-refractivity contribution < 1.29 is 22.7 Å². The summed E-state index contributed by atoms with van der Waals surface area (Å²) in [6.07, 6.45) is 0.807. The Labute approximate surface area is 184 Å². The summed E-state index contributed by atoms with van der Waals surface area (Å²) in [6, 6.07) is 11.4. The molecule has 3 rings (SSSR count). The Kier molecular flexibility index (Phi) is 7.07. The lowest BCUT2D eigenvalue weighted by Crippen LogP contribution is -2.35. The van der Waals surface area contributed by atoms with E-state index in [0.717, 1.165) is 23.1 Å². The molecular formula is C20H21ClN2O5S2. The molecule has 0 aliphatic carbocycles. The highest BCUT2D eigenvalue weighted by molar-refractivity contribution is 8.00. The molecule has 160 valence electrons. The van der Waals surface area contributed by atoms with Crippen molar-refractivity contribution in [1.82, 2.24) is 4.72 Å². The van der Waals surface area contributed by atoms with Crippen LogP contribution in [0.2, 0.25) is 5.02 Å². The number of thioether (sulfide) groups is 1. The van der Waals surface area contributed by atoms with Crippen LogP contribution in [0.25, 0.3) is 0 Å². The third-order valence-corrected chi connectivity index (χ3v) is 7.73. The summed E-state index contributed by atoms with van der Waals surface area (Å²) >= 11 is 7.64. The molecule has 1 aliphatic rings. The molecule has 2 aromatic carbocycles. The maximum atomic E-state index is 12.8. The normalized spacial score (nSPS) is 16.5. The number of nitrogens with zero attached hydrogens (tertiary/aromatic N) is 1. The number of esters is 1. The van der Waals surface area contributed by atoms with Gasteiger partial charge in [-0.15, -0.1) is 11.8 Å². The van der Waals surface area contributed by atoms with E-state index < -0.39 is 22.6 Å². The van der Waals surface area contributed by atoms with Crippen LogP contribution in [0.3, 0.4) is 0 Å². The maximum Gasteiger partial charge on any atom is 0.338 e. The van der Waals surface area contributed by atoms with Crippen LogP contribution < -0.4 is 9.62 Å². The van der Waals surface area contributed by atoms with Crippen molar-refractivity contribution in [2.45, 2.75) is 28.4 Å². The number of carbonyl (C=O) groups is 2. The van der Waals surface area contributed by atoms with Gasteiger partial charge in [0.2, 0.25) is 10.0 Å². The molecule has 1 amide bonds. The average molecular weight is 469 g/mol. The van der Waals surface area contributed by atoms with Gasteiger partial charge < -0.3 is 9.64 Å². The monoisotopic (exact) mass is 468 g/mol. The summed E-state index contributed by atoms with van der Waals surface area (Å²) in [5, 5.41) is 0.331. The number of amides is 1. The second-order valence-electron chi connectivity index (χ2n) is 6.66. The Morgan fingerprint density at radius 2 is 2.00 bits per heavy atom. The lowest BCUT2D eigenvalue weighted by molar-refractivity contribution is -0.121. The molecule has 1 atom stereocenters. The molecule has 0 spiro atoms. The molecule has 0 aromatic heterocycles. The van der Waals surface area contributed by atoms with Gasteiger partial charge in [0.15, 0.2) is 6.61 Å². The van der Waals surface area contributed by atoms with Crippen LogP contribution >= 0.6 is 23.4 Å². The summed E-state index contributed by atoms with van der Waals surface area (Å²) in [7, 11) is -2.60. The van der Waals surface area contributed by atoms with Gasteiger partial charge in [-0.05, 0) is 43.8 Å². The van der Waals surface area contributed by atoms with E-state index in [2.05, 4.69) is 11.6 Å². The SMILES string of the molecule is CNS(=O)(=O)c1cc(C(=O)OCC(=O)N2CCC(C)Sc3ccccc32)ccc1Cl. The van der Waals surface area contributed by atoms with Crippen LogP contribution in [0.4, 0.5) is 5.69 Å². The quantitative estimate of drug-likeness (QED) is 0.676. The molecule has 2 aromatic rings. The van der Waals surface area contributed by atoms with E-state index in [0.29, 0.717) is 11.8 Å². The highest BCUT2D eigenvalue weighted by Crippen LogP contribution is 2.37. The predicted molar refractivity (Wildman–Crippen MR) is 117 cm³/mol. The van der Waals surface area contributed by atoms with E-state index in [-0.39, 0.29) is 21.4 Å². The van der Waals surface area contributed by atoms with Crippen molar-refractivity contribution in [1.29, 1.82) is 0 Å². The first-order valence-corrected chi connectivity index (χ1v) is 11.9. The smallest absolute Gasteiger partial charge is 0.338 e. The fourth-order valence-corrected chi connectivity index (χ4v) is 5.34. The van der Waals surface area contributed by atoms with Gasteiger partial charge in [-0.1, -0.05) is 30.7 Å². The number of halogens is 1. The molecule has 1 aliphatic heterocycles. The molecule has 10 heteroatoms. The highest BCUT2D eigenvalue weighted by atomic mass is 35.5. The Balaban J connectivity index is 1.74. The number of benzene rings is 2. The minimum absolute atomic E-state index is 0.0125. The summed E-state index contributed by atoms with van der Waals surface area (Å²) < 4.78 is 31.4. The zero-order valence-electron chi connectivity index (χ0n) is 16.4. The minimum Gasteiger partial charge on any atom is -0.452 e. The second kappa shape index (κ2) is 9.38. The van der Waals surface area contributed by atoms with Gasteiger partial charge in [0, 0.05) is 16.7 Å². The van der Waals surface area contributed by atoms with Crippen LogP contribution in [0.5, 0.6) is 0 Å². The lowest BCUT2D eigenvalue weighted by atomic mass is 10.2. The van der Waals surface area contributed by atoms with E-state index in [1.807, 2.05) is 24.3 Å². The summed E-state index contributed by atoms with van der Waals surface area (Å²) in [4.78, 5) is 27.6. The van der Waals surface area contributed by atoms with E-state index in [4.69, 9.17) is 16.3 Å². The minimum atomic E-state index is -3.84. The predicted octanol–water partition coefficient (Wildman–Crippen LogP) is 3.32. The second-order valence-corrected chi connectivity index (χ2v) is 10.4. The number of para-hydroxylation sites is 1. The molecule has 0 bridgehead atoms. The number of carbonyl (C=O) groups excluding carboxylic acids is 2. The zero-order valence-corrected chi connectivity index (χ0v) is 18.8. The average Bonchev–Trinajstić information content (AvgIpc) is 2.90. The molecule has 7 nitrogen and oxygen atoms in total. The largest absolute Gasteiger partial charge is 0.452 e. The number of anilines is 1. The van der Waals surface area contributed by atoms with Gasteiger partial charge in [-0.3, -0.25) is 4.79 Å². The van der Waals surface area contributed by atoms with Gasteiger partial charge in [0.25, 0.3) is 5.91 Å². The van der Waals surface area contributed by atoms with E-state index in [9.17, 15) is 18.0 Å². The van der Waals surface area contributed by atoms with Gasteiger partial charge in [0.1, 0.15) is 4.90 Å². The zero-order chi connectivity index (χ0) is 21.9. The molecule has 0 saturated carbocycles. The molecule has 30 heavy (non-hydrogen) atoms.